The number of carbonyl (C=O) groups is 2. The van der Waals surface area contributed by atoms with Gasteiger partial charge in [0.15, 0.2) is 29.1 Å². The van der Waals surface area contributed by atoms with E-state index in [2.05, 4.69) is 20.9 Å². The van der Waals surface area contributed by atoms with Gasteiger partial charge in [0.25, 0.3) is 0 Å². The van der Waals surface area contributed by atoms with Gasteiger partial charge in [0.1, 0.15) is 4.60 Å². The fourth-order valence-corrected chi connectivity index (χ4v) is 9.23. The van der Waals surface area contributed by atoms with Gasteiger partial charge in [-0.05, 0) is 85.5 Å². The minimum Gasteiger partial charge on any atom is -0.390 e. The van der Waals surface area contributed by atoms with E-state index in [1.165, 1.54) is 6.08 Å². The summed E-state index contributed by atoms with van der Waals surface area (Å²) < 4.78 is 31.3. The van der Waals surface area contributed by atoms with E-state index in [1.807, 2.05) is 19.1 Å². The van der Waals surface area contributed by atoms with E-state index in [1.54, 1.807) is 31.3 Å². The molecule has 0 spiro atoms. The van der Waals surface area contributed by atoms with Gasteiger partial charge in [0, 0.05) is 34.6 Å². The Labute approximate surface area is 247 Å². The van der Waals surface area contributed by atoms with E-state index in [9.17, 15) is 20.0 Å². The second-order valence-corrected chi connectivity index (χ2v) is 13.7. The Kier molecular flexibility index (Phi) is 6.76. The van der Waals surface area contributed by atoms with E-state index < -0.39 is 57.8 Å². The highest BCUT2D eigenvalue weighted by Crippen LogP contribution is 2.68. The van der Waals surface area contributed by atoms with E-state index in [0.717, 1.165) is 5.57 Å². The fraction of sp³-hybridized carbons (Fsp3) is 0.613. The summed E-state index contributed by atoms with van der Waals surface area (Å²) in [4.78, 5) is 30.4. The number of carbonyl (C=O) groups excluding carboxylic acids is 2. The first-order valence-electron chi connectivity index (χ1n) is 14.3. The molecule has 218 valence electrons. The maximum atomic E-state index is 17.7. The smallest absolute Gasteiger partial charge is 0.185 e. The molecule has 1 aromatic heterocycles. The lowest BCUT2D eigenvalue weighted by Gasteiger charge is -2.59. The predicted octanol–water partition coefficient (Wildman–Crippen LogP) is 4.71. The molecule has 5 unspecified atom stereocenters. The second kappa shape index (κ2) is 9.61. The highest BCUT2D eigenvalue weighted by atomic mass is 79.9. The maximum Gasteiger partial charge on any atom is 0.185 e. The SMILES string of the molecule is CC12C=CC(=O)CC=C1CCC1C[C@]3(N)C[C@H]4OC(c5ccnc(Br)c5)O[C@@]4(C(=O)CC#N)C3(C)CCC(O)[C@@]12F. The van der Waals surface area contributed by atoms with E-state index >= 15 is 4.39 Å². The molecule has 0 aromatic carbocycles. The summed E-state index contributed by atoms with van der Waals surface area (Å²) in [7, 11) is 0. The third-order valence-corrected chi connectivity index (χ3v) is 11.6. The molecular weight excluding hydrogens is 593 g/mol. The zero-order chi connectivity index (χ0) is 29.4. The molecule has 41 heavy (non-hydrogen) atoms. The third kappa shape index (κ3) is 3.79. The van der Waals surface area contributed by atoms with Crippen LogP contribution in [0.4, 0.5) is 4.39 Å². The molecule has 1 aliphatic heterocycles. The van der Waals surface area contributed by atoms with Gasteiger partial charge in [0.05, 0.1) is 24.7 Å². The summed E-state index contributed by atoms with van der Waals surface area (Å²) in [6, 6.07) is 5.48. The Morgan fingerprint density at radius 3 is 2.85 bits per heavy atom. The molecule has 0 radical (unpaired) electrons. The molecule has 1 saturated heterocycles. The molecule has 2 heterocycles. The number of nitrogens with zero attached hydrogens (tertiary/aromatic N) is 2. The largest absolute Gasteiger partial charge is 0.390 e. The lowest BCUT2D eigenvalue weighted by Crippen LogP contribution is -2.68. The number of Topliss-reactive ketones (excluding diaryl/α,β-unsaturated/α-hetero) is 1. The number of hydrogen-bond acceptors (Lipinski definition) is 8. The summed E-state index contributed by atoms with van der Waals surface area (Å²) in [6.07, 6.45) is 4.98. The van der Waals surface area contributed by atoms with Crippen LogP contribution in [0, 0.1) is 28.1 Å². The molecule has 4 aliphatic carbocycles. The number of ketones is 2. The lowest BCUT2D eigenvalue weighted by molar-refractivity contribution is -0.189. The topological polar surface area (TPSA) is 136 Å². The van der Waals surface area contributed by atoms with Crippen molar-refractivity contribution in [1.82, 2.24) is 4.98 Å². The number of pyridine rings is 1. The summed E-state index contributed by atoms with van der Waals surface area (Å²) in [6.45, 7) is 3.66. The first-order chi connectivity index (χ1) is 19.3. The van der Waals surface area contributed by atoms with Crippen LogP contribution in [0.2, 0.25) is 0 Å². The van der Waals surface area contributed by atoms with Crippen LogP contribution < -0.4 is 5.73 Å². The molecule has 6 rings (SSSR count). The Balaban J connectivity index is 1.43. The van der Waals surface area contributed by atoms with Gasteiger partial charge in [-0.3, -0.25) is 9.59 Å². The molecule has 0 amide bonds. The standard InChI is InChI=1S/C31H35BrFN3O5/c1-27-11-7-21(37)6-5-19(27)3-4-20-16-29(35)17-24-31(23(39)9-13-34,28(29,2)12-8-22(38)30(20,27)33)41-26(40-24)18-10-14-36-25(32)15-18/h5,7,10-11,14-15,20,22,24,26,38H,3-4,6,8-9,12,16-17,35H2,1-2H3/t20?,22?,24-,26?,27?,28?,29+,30+,31-/m1/s1. The molecule has 5 aliphatic rings. The maximum absolute atomic E-state index is 17.7. The number of fused-ring (bicyclic) bond motifs is 6. The predicted molar refractivity (Wildman–Crippen MR) is 150 cm³/mol. The molecule has 9 atom stereocenters. The van der Waals surface area contributed by atoms with Crippen molar-refractivity contribution in [1.29, 1.82) is 5.26 Å². The number of hydrogen-bond donors (Lipinski definition) is 2. The van der Waals surface area contributed by atoms with Gasteiger partial charge in [-0.25, -0.2) is 9.37 Å². The number of nitrogens with two attached hydrogens (primary N) is 1. The van der Waals surface area contributed by atoms with Gasteiger partial charge in [-0.1, -0.05) is 24.6 Å². The molecule has 8 nitrogen and oxygen atoms in total. The van der Waals surface area contributed by atoms with E-state index in [4.69, 9.17) is 15.2 Å². The lowest BCUT2D eigenvalue weighted by atomic mass is 9.49. The first kappa shape index (κ1) is 28.8. The van der Waals surface area contributed by atoms with Gasteiger partial charge < -0.3 is 20.3 Å². The van der Waals surface area contributed by atoms with Crippen molar-refractivity contribution in [2.45, 2.75) is 101 Å². The molecule has 1 aromatic rings. The highest BCUT2D eigenvalue weighted by Gasteiger charge is 2.77. The summed E-state index contributed by atoms with van der Waals surface area (Å²) >= 11 is 3.37. The minimum absolute atomic E-state index is 0.0240. The summed E-state index contributed by atoms with van der Waals surface area (Å²) in [5.41, 5.74) is 1.87. The van der Waals surface area contributed by atoms with Gasteiger partial charge in [-0.15, -0.1) is 0 Å². The Morgan fingerprint density at radius 2 is 2.12 bits per heavy atom. The molecule has 3 saturated carbocycles. The Bertz CT molecular complexity index is 1410. The molecule has 3 N–H and O–H groups in total. The van der Waals surface area contributed by atoms with Crippen molar-refractivity contribution >= 4 is 27.5 Å². The minimum atomic E-state index is -2.07. The van der Waals surface area contributed by atoms with Crippen LogP contribution in [0.1, 0.15) is 77.1 Å². The van der Waals surface area contributed by atoms with Crippen LogP contribution in [0.15, 0.2) is 46.7 Å². The first-order valence-corrected chi connectivity index (χ1v) is 15.1. The number of alkyl halides is 1. The Morgan fingerprint density at radius 1 is 1.34 bits per heavy atom. The van der Waals surface area contributed by atoms with Crippen LogP contribution in [0.25, 0.3) is 0 Å². The van der Waals surface area contributed by atoms with Crippen molar-refractivity contribution in [2.24, 2.45) is 22.5 Å². The monoisotopic (exact) mass is 627 g/mol. The van der Waals surface area contributed by atoms with Gasteiger partial charge in [-0.2, -0.15) is 5.26 Å². The number of ether oxygens (including phenoxy) is 2. The van der Waals surface area contributed by atoms with Crippen molar-refractivity contribution in [3.8, 4) is 6.07 Å². The quantitative estimate of drug-likeness (QED) is 0.363. The third-order valence-electron chi connectivity index (χ3n) is 11.2. The number of rotatable bonds is 3. The number of aromatic nitrogens is 1. The zero-order valence-corrected chi connectivity index (χ0v) is 24.8. The number of nitriles is 1. The van der Waals surface area contributed by atoms with Crippen LogP contribution in [0.5, 0.6) is 0 Å². The highest BCUT2D eigenvalue weighted by molar-refractivity contribution is 9.10. The number of halogens is 2. The van der Waals surface area contributed by atoms with Gasteiger partial charge >= 0.3 is 0 Å². The fourth-order valence-electron chi connectivity index (χ4n) is 8.84. The Hall–Kier alpha value is -2.29. The molecule has 4 fully saturated rings. The average Bonchev–Trinajstić information content (AvgIpc) is 3.33. The van der Waals surface area contributed by atoms with Crippen molar-refractivity contribution < 1.29 is 28.6 Å². The average molecular weight is 629 g/mol. The van der Waals surface area contributed by atoms with E-state index in [-0.39, 0.29) is 44.3 Å². The van der Waals surface area contributed by atoms with Gasteiger partial charge in [0.2, 0.25) is 0 Å². The number of allylic oxidation sites excluding steroid dienone is 4. The summed E-state index contributed by atoms with van der Waals surface area (Å²) in [5, 5.41) is 21.2. The van der Waals surface area contributed by atoms with Crippen molar-refractivity contribution in [2.75, 3.05) is 0 Å². The second-order valence-electron chi connectivity index (χ2n) is 12.9. The zero-order valence-electron chi connectivity index (χ0n) is 23.2. The number of aliphatic hydroxyl groups is 1. The van der Waals surface area contributed by atoms with Crippen LogP contribution in [-0.2, 0) is 19.1 Å². The van der Waals surface area contributed by atoms with E-state index in [0.29, 0.717) is 23.0 Å². The van der Waals surface area contributed by atoms with Crippen LogP contribution in [0.3, 0.4) is 0 Å². The summed E-state index contributed by atoms with van der Waals surface area (Å²) in [5.74, 6) is -1.15. The number of aliphatic hydroxyl groups excluding tert-OH is 1. The van der Waals surface area contributed by atoms with Crippen LogP contribution >= 0.6 is 15.9 Å². The van der Waals surface area contributed by atoms with Crippen LogP contribution in [-0.4, -0.2) is 50.7 Å². The normalized spacial score (nSPS) is 45.2. The van der Waals surface area contributed by atoms with Crippen molar-refractivity contribution in [3.05, 3.63) is 52.3 Å². The molecule has 10 heteroatoms. The molecular formula is C31H35BrFN3O5. The van der Waals surface area contributed by atoms with Crippen molar-refractivity contribution in [3.63, 3.8) is 0 Å². The molecule has 0 bridgehead atoms.